The second-order valence-corrected chi connectivity index (χ2v) is 13.5. The average Bonchev–Trinajstić information content (AvgIpc) is 3.29. The minimum absolute atomic E-state index is 0.0107. The number of amides is 2. The fourth-order valence-corrected chi connectivity index (χ4v) is 5.55. The van der Waals surface area contributed by atoms with Gasteiger partial charge in [-0.15, -0.1) is 11.3 Å². The second kappa shape index (κ2) is 14.2. The lowest BCUT2D eigenvalue weighted by Crippen LogP contribution is -2.36. The molecule has 2 amide bonds. The van der Waals surface area contributed by atoms with Crippen LogP contribution in [0.5, 0.6) is 0 Å². The third-order valence-electron chi connectivity index (χ3n) is 6.96. The highest BCUT2D eigenvalue weighted by molar-refractivity contribution is 7.16. The molecule has 1 saturated heterocycles. The molecule has 0 aliphatic carbocycles. The van der Waals surface area contributed by atoms with Gasteiger partial charge >= 0.3 is 0 Å². The van der Waals surface area contributed by atoms with E-state index in [1.54, 1.807) is 17.5 Å². The van der Waals surface area contributed by atoms with Crippen molar-refractivity contribution < 1.29 is 14.3 Å². The molecule has 4 rings (SSSR count). The van der Waals surface area contributed by atoms with Crippen LogP contribution >= 0.6 is 11.3 Å². The van der Waals surface area contributed by atoms with Crippen LogP contribution in [0.15, 0.2) is 30.5 Å². The molecule has 3 heterocycles. The van der Waals surface area contributed by atoms with Crippen molar-refractivity contribution in [2.24, 2.45) is 5.41 Å². The molecule has 0 radical (unpaired) electrons. The zero-order valence-corrected chi connectivity index (χ0v) is 27.7. The van der Waals surface area contributed by atoms with Crippen LogP contribution in [0, 0.1) is 26.2 Å². The van der Waals surface area contributed by atoms with E-state index in [9.17, 15) is 9.59 Å². The van der Waals surface area contributed by atoms with Gasteiger partial charge in [-0.05, 0) is 68.0 Å². The maximum atomic E-state index is 12.8. The normalized spacial score (nSPS) is 13.6. The van der Waals surface area contributed by atoms with Crippen molar-refractivity contribution in [3.63, 3.8) is 0 Å². The zero-order chi connectivity index (χ0) is 31.2. The highest BCUT2D eigenvalue weighted by atomic mass is 32.1. The number of aryl methyl sites for hydroxylation is 3. The molecule has 0 spiro atoms. The standard InChI is InChI=1S/C21H27N3O2.C12H20N2OS/c1-14(2)20-12-18(13-22-16(20)4)23-21(25)17-9-15(3)10-19(11-17)24-5-7-26-8-6-24;1-7(2)9-8(3)13-11(16-9)14-10(15)12(4,5)6/h9-14H,5-8H2,1-4H3,(H,23,25);7H,1-6H3,(H,13,14,15). The first-order valence-electron chi connectivity index (χ1n) is 14.7. The molecule has 9 heteroatoms. The van der Waals surface area contributed by atoms with Crippen LogP contribution in [-0.2, 0) is 9.53 Å². The van der Waals surface area contributed by atoms with E-state index in [1.807, 2.05) is 59.7 Å². The summed E-state index contributed by atoms with van der Waals surface area (Å²) in [6.45, 7) is 23.4. The van der Waals surface area contributed by atoms with E-state index in [0.29, 0.717) is 22.5 Å². The van der Waals surface area contributed by atoms with Crippen LogP contribution in [0.2, 0.25) is 0 Å². The minimum Gasteiger partial charge on any atom is -0.378 e. The number of benzene rings is 1. The van der Waals surface area contributed by atoms with E-state index in [1.165, 1.54) is 4.88 Å². The fourth-order valence-electron chi connectivity index (χ4n) is 4.59. The number of carbonyl (C=O) groups is 2. The Morgan fingerprint density at radius 2 is 1.60 bits per heavy atom. The molecule has 42 heavy (non-hydrogen) atoms. The van der Waals surface area contributed by atoms with Gasteiger partial charge in [0.05, 0.1) is 30.8 Å². The van der Waals surface area contributed by atoms with E-state index in [2.05, 4.69) is 59.3 Å². The predicted octanol–water partition coefficient (Wildman–Crippen LogP) is 7.47. The third-order valence-corrected chi connectivity index (χ3v) is 8.34. The van der Waals surface area contributed by atoms with Crippen molar-refractivity contribution in [3.05, 3.63) is 63.4 Å². The summed E-state index contributed by atoms with van der Waals surface area (Å²) in [4.78, 5) is 36.9. The third kappa shape index (κ3) is 9.10. The fraction of sp³-hybridized carbons (Fsp3) is 0.515. The van der Waals surface area contributed by atoms with Gasteiger partial charge < -0.3 is 20.3 Å². The highest BCUT2D eigenvalue weighted by Crippen LogP contribution is 2.30. The number of pyridine rings is 1. The monoisotopic (exact) mass is 593 g/mol. The first-order chi connectivity index (χ1) is 19.6. The molecular weight excluding hydrogens is 546 g/mol. The lowest BCUT2D eigenvalue weighted by Gasteiger charge is -2.29. The van der Waals surface area contributed by atoms with Crippen LogP contribution in [0.25, 0.3) is 0 Å². The Morgan fingerprint density at radius 3 is 2.17 bits per heavy atom. The van der Waals surface area contributed by atoms with E-state index < -0.39 is 0 Å². The number of hydrogen-bond donors (Lipinski definition) is 2. The Morgan fingerprint density at radius 1 is 0.929 bits per heavy atom. The number of morpholine rings is 1. The van der Waals surface area contributed by atoms with Gasteiger partial charge in [-0.3, -0.25) is 14.6 Å². The molecule has 3 aromatic rings. The first-order valence-corrected chi connectivity index (χ1v) is 15.5. The number of anilines is 3. The summed E-state index contributed by atoms with van der Waals surface area (Å²) in [5.41, 5.74) is 6.34. The SMILES string of the molecule is Cc1cc(C(=O)Nc2cnc(C)c(C(C)C)c2)cc(N2CCOCC2)c1.Cc1nc(NC(=O)C(C)(C)C)sc1C(C)C. The second-order valence-electron chi connectivity index (χ2n) is 12.5. The summed E-state index contributed by atoms with van der Waals surface area (Å²) in [5, 5.41) is 6.57. The Labute approximate surface area is 255 Å². The molecule has 1 aromatic carbocycles. The van der Waals surface area contributed by atoms with Gasteiger partial charge in [0, 0.05) is 40.3 Å². The van der Waals surface area contributed by atoms with Crippen LogP contribution in [0.3, 0.4) is 0 Å². The zero-order valence-electron chi connectivity index (χ0n) is 26.8. The lowest BCUT2D eigenvalue weighted by atomic mass is 9.96. The molecule has 2 aromatic heterocycles. The van der Waals surface area contributed by atoms with Gasteiger partial charge in [0.15, 0.2) is 5.13 Å². The van der Waals surface area contributed by atoms with Crippen molar-refractivity contribution >= 4 is 39.7 Å². The van der Waals surface area contributed by atoms with E-state index in [0.717, 1.165) is 60.2 Å². The van der Waals surface area contributed by atoms with Gasteiger partial charge in [-0.2, -0.15) is 0 Å². The molecule has 1 aliphatic heterocycles. The number of thiazole rings is 1. The summed E-state index contributed by atoms with van der Waals surface area (Å²) in [6.07, 6.45) is 1.72. The molecule has 1 fully saturated rings. The van der Waals surface area contributed by atoms with Crippen molar-refractivity contribution in [1.29, 1.82) is 0 Å². The number of carbonyl (C=O) groups excluding carboxylic acids is 2. The molecule has 1 aliphatic rings. The van der Waals surface area contributed by atoms with Crippen molar-refractivity contribution in [2.45, 2.75) is 81.1 Å². The number of nitrogens with one attached hydrogen (secondary N) is 2. The summed E-state index contributed by atoms with van der Waals surface area (Å²) >= 11 is 1.57. The van der Waals surface area contributed by atoms with Crippen LogP contribution in [0.4, 0.5) is 16.5 Å². The van der Waals surface area contributed by atoms with Gasteiger partial charge in [0.25, 0.3) is 5.91 Å². The average molecular weight is 594 g/mol. The van der Waals surface area contributed by atoms with E-state index >= 15 is 0 Å². The van der Waals surface area contributed by atoms with Gasteiger partial charge in [0.2, 0.25) is 5.91 Å². The van der Waals surface area contributed by atoms with E-state index in [4.69, 9.17) is 4.74 Å². The molecule has 0 saturated carbocycles. The Kier molecular flexibility index (Phi) is 11.3. The topological polar surface area (TPSA) is 96.5 Å². The van der Waals surface area contributed by atoms with Crippen LogP contribution < -0.4 is 15.5 Å². The molecule has 0 unspecified atom stereocenters. The number of ether oxygens (including phenoxy) is 1. The summed E-state index contributed by atoms with van der Waals surface area (Å²) in [7, 11) is 0. The number of rotatable bonds is 6. The molecule has 0 bridgehead atoms. The smallest absolute Gasteiger partial charge is 0.255 e. The highest BCUT2D eigenvalue weighted by Gasteiger charge is 2.23. The van der Waals surface area contributed by atoms with Crippen LogP contribution in [-0.4, -0.2) is 48.1 Å². The Hall–Kier alpha value is -3.30. The Balaban J connectivity index is 0.000000260. The van der Waals surface area contributed by atoms with Gasteiger partial charge in [0.1, 0.15) is 0 Å². The van der Waals surface area contributed by atoms with Crippen molar-refractivity contribution in [1.82, 2.24) is 9.97 Å². The molecule has 2 N–H and O–H groups in total. The van der Waals surface area contributed by atoms with Gasteiger partial charge in [-0.25, -0.2) is 4.98 Å². The van der Waals surface area contributed by atoms with Crippen molar-refractivity contribution in [3.8, 4) is 0 Å². The summed E-state index contributed by atoms with van der Waals surface area (Å²) < 4.78 is 5.42. The minimum atomic E-state index is -0.377. The maximum absolute atomic E-state index is 12.8. The molecular formula is C33H47N5O3S. The largest absolute Gasteiger partial charge is 0.378 e. The number of hydrogen-bond acceptors (Lipinski definition) is 7. The summed E-state index contributed by atoms with van der Waals surface area (Å²) in [6, 6.07) is 8.01. The van der Waals surface area contributed by atoms with Gasteiger partial charge in [-0.1, -0.05) is 48.5 Å². The quantitative estimate of drug-likeness (QED) is 0.308. The number of nitrogens with zero attached hydrogens (tertiary/aromatic N) is 3. The Bertz CT molecular complexity index is 1380. The predicted molar refractivity (Wildman–Crippen MR) is 174 cm³/mol. The molecule has 228 valence electrons. The molecule has 0 atom stereocenters. The number of aromatic nitrogens is 2. The molecule has 8 nitrogen and oxygen atoms in total. The summed E-state index contributed by atoms with van der Waals surface area (Å²) in [5.74, 6) is 0.726. The maximum Gasteiger partial charge on any atom is 0.255 e. The lowest BCUT2D eigenvalue weighted by molar-refractivity contribution is -0.123. The first kappa shape index (κ1) is 33.2. The van der Waals surface area contributed by atoms with E-state index in [-0.39, 0.29) is 17.2 Å². The van der Waals surface area contributed by atoms with Crippen LogP contribution in [0.1, 0.15) is 98.1 Å². The van der Waals surface area contributed by atoms with Crippen molar-refractivity contribution in [2.75, 3.05) is 41.8 Å².